The van der Waals surface area contributed by atoms with Crippen LogP contribution in [0.15, 0.2) is 65.1 Å². The second kappa shape index (κ2) is 9.08. The Morgan fingerprint density at radius 1 is 1.03 bits per heavy atom. The van der Waals surface area contributed by atoms with Gasteiger partial charge in [-0.25, -0.2) is 0 Å². The molecule has 1 N–H and O–H groups in total. The second-order valence-corrected chi connectivity index (χ2v) is 8.58. The third-order valence-electron chi connectivity index (χ3n) is 6.34. The maximum atomic E-state index is 13.2. The number of carbonyl (C=O) groups excluding carboxylic acids is 2. The van der Waals surface area contributed by atoms with E-state index >= 15 is 0 Å². The summed E-state index contributed by atoms with van der Waals surface area (Å²) in [6, 6.07) is 18.8. The first kappa shape index (κ1) is 21.2. The number of nitrogens with one attached hydrogen (secondary N) is 1. The van der Waals surface area contributed by atoms with Crippen molar-refractivity contribution < 1.29 is 14.0 Å². The molecule has 0 spiro atoms. The molecule has 3 heterocycles. The fourth-order valence-electron chi connectivity index (χ4n) is 4.49. The fraction of sp³-hybridized carbons (Fsp3) is 0.259. The van der Waals surface area contributed by atoms with Crippen LogP contribution in [0.25, 0.3) is 23.0 Å². The molecule has 33 heavy (non-hydrogen) atoms. The lowest BCUT2D eigenvalue weighted by Gasteiger charge is -2.22. The van der Waals surface area contributed by atoms with E-state index in [0.717, 1.165) is 36.4 Å². The maximum absolute atomic E-state index is 13.2. The van der Waals surface area contributed by atoms with Gasteiger partial charge in [0.15, 0.2) is 0 Å². The number of para-hydroxylation sites is 1. The van der Waals surface area contributed by atoms with Crippen molar-refractivity contribution in [3.63, 3.8) is 0 Å². The van der Waals surface area contributed by atoms with E-state index in [4.69, 9.17) is 4.42 Å². The van der Waals surface area contributed by atoms with E-state index in [1.165, 1.54) is 12.8 Å². The van der Waals surface area contributed by atoms with Crippen molar-refractivity contribution in [1.29, 1.82) is 0 Å². The Bertz CT molecular complexity index is 1220. The molecular weight excluding hydrogens is 414 g/mol. The van der Waals surface area contributed by atoms with Gasteiger partial charge in [0.2, 0.25) is 0 Å². The van der Waals surface area contributed by atoms with Crippen LogP contribution in [-0.2, 0) is 4.79 Å². The first-order valence-electron chi connectivity index (χ1n) is 11.4. The zero-order chi connectivity index (χ0) is 22.8. The molecular formula is C27H27N3O3. The van der Waals surface area contributed by atoms with Gasteiger partial charge < -0.3 is 19.5 Å². The highest BCUT2D eigenvalue weighted by Crippen LogP contribution is 2.34. The summed E-state index contributed by atoms with van der Waals surface area (Å²) in [5.74, 6) is 0.997. The highest BCUT2D eigenvalue weighted by molar-refractivity contribution is 6.34. The molecule has 3 aromatic rings. The van der Waals surface area contributed by atoms with Crippen molar-refractivity contribution in [3.8, 4) is 11.3 Å². The van der Waals surface area contributed by atoms with Crippen molar-refractivity contribution in [3.05, 3.63) is 77.6 Å². The zero-order valence-electron chi connectivity index (χ0n) is 18.7. The van der Waals surface area contributed by atoms with Crippen LogP contribution in [0, 0.1) is 0 Å². The minimum Gasteiger partial charge on any atom is -0.457 e. The molecule has 2 aliphatic rings. The second-order valence-electron chi connectivity index (χ2n) is 8.58. The topological polar surface area (TPSA) is 65.8 Å². The molecule has 0 radical (unpaired) electrons. The Morgan fingerprint density at radius 3 is 2.58 bits per heavy atom. The quantitative estimate of drug-likeness (QED) is 0.568. The smallest absolute Gasteiger partial charge is 0.256 e. The van der Waals surface area contributed by atoms with E-state index in [2.05, 4.69) is 10.2 Å². The van der Waals surface area contributed by atoms with Crippen LogP contribution in [0.5, 0.6) is 0 Å². The number of furan rings is 1. The lowest BCUT2D eigenvalue weighted by Crippen LogP contribution is -2.35. The van der Waals surface area contributed by atoms with E-state index in [1.807, 2.05) is 67.7 Å². The van der Waals surface area contributed by atoms with Gasteiger partial charge in [0, 0.05) is 37.0 Å². The average molecular weight is 442 g/mol. The molecule has 2 aliphatic heterocycles. The van der Waals surface area contributed by atoms with Crippen molar-refractivity contribution in [1.82, 2.24) is 9.80 Å². The third kappa shape index (κ3) is 4.34. The normalized spacial score (nSPS) is 16.8. The molecule has 6 heteroatoms. The molecule has 5 rings (SSSR count). The summed E-state index contributed by atoms with van der Waals surface area (Å²) in [6.45, 7) is 3.82. The van der Waals surface area contributed by atoms with Crippen molar-refractivity contribution in [2.24, 2.45) is 0 Å². The van der Waals surface area contributed by atoms with Crippen molar-refractivity contribution >= 4 is 29.2 Å². The molecule has 0 unspecified atom stereocenters. The van der Waals surface area contributed by atoms with Crippen LogP contribution in [0.2, 0.25) is 0 Å². The van der Waals surface area contributed by atoms with Crippen LogP contribution in [-0.4, -0.2) is 54.8 Å². The first-order valence-corrected chi connectivity index (χ1v) is 11.4. The lowest BCUT2D eigenvalue weighted by atomic mass is 10.0. The maximum Gasteiger partial charge on any atom is 0.256 e. The van der Waals surface area contributed by atoms with Gasteiger partial charge >= 0.3 is 0 Å². The molecule has 2 aromatic carbocycles. The zero-order valence-corrected chi connectivity index (χ0v) is 18.7. The summed E-state index contributed by atoms with van der Waals surface area (Å²) >= 11 is 0. The molecule has 1 fully saturated rings. The van der Waals surface area contributed by atoms with Crippen LogP contribution in [0.1, 0.15) is 34.5 Å². The Labute approximate surface area is 193 Å². The van der Waals surface area contributed by atoms with Gasteiger partial charge in [0.25, 0.3) is 11.8 Å². The Kier molecular flexibility index (Phi) is 5.84. The number of anilines is 1. The molecule has 0 atom stereocenters. The Hall–Kier alpha value is -3.64. The molecule has 0 saturated carbocycles. The molecule has 2 amide bonds. The van der Waals surface area contributed by atoms with Gasteiger partial charge in [-0.3, -0.25) is 9.59 Å². The fourth-order valence-corrected chi connectivity index (χ4v) is 4.49. The molecule has 6 nitrogen and oxygen atoms in total. The first-order chi connectivity index (χ1) is 16.1. The van der Waals surface area contributed by atoms with Crippen molar-refractivity contribution in [2.45, 2.75) is 12.8 Å². The van der Waals surface area contributed by atoms with Crippen LogP contribution < -0.4 is 5.32 Å². The van der Waals surface area contributed by atoms with Gasteiger partial charge in [-0.2, -0.15) is 0 Å². The summed E-state index contributed by atoms with van der Waals surface area (Å²) < 4.78 is 6.07. The monoisotopic (exact) mass is 441 g/mol. The molecule has 0 aliphatic carbocycles. The van der Waals surface area contributed by atoms with Gasteiger partial charge in [0.05, 0.1) is 11.1 Å². The number of amides is 2. The SMILES string of the molecule is CN(CCN1CCCC1)C(=O)c1ccccc1-c1ccc(/C=C2/C(=O)Nc3ccccc32)o1. The molecule has 1 aromatic heterocycles. The van der Waals surface area contributed by atoms with Gasteiger partial charge in [-0.05, 0) is 56.3 Å². The number of likely N-dealkylation sites (N-methyl/N-ethyl adjacent to an activating group) is 1. The number of rotatable bonds is 6. The number of carbonyl (C=O) groups is 2. The van der Waals surface area contributed by atoms with E-state index in [-0.39, 0.29) is 11.8 Å². The van der Waals surface area contributed by atoms with E-state index in [0.29, 0.717) is 29.2 Å². The number of nitrogens with zero attached hydrogens (tertiary/aromatic N) is 2. The number of benzene rings is 2. The minimum atomic E-state index is -0.149. The van der Waals surface area contributed by atoms with Gasteiger partial charge in [0.1, 0.15) is 11.5 Å². The predicted octanol–water partition coefficient (Wildman–Crippen LogP) is 4.61. The minimum absolute atomic E-state index is 0.0230. The summed E-state index contributed by atoms with van der Waals surface area (Å²) in [4.78, 5) is 29.8. The highest BCUT2D eigenvalue weighted by Gasteiger charge is 2.24. The average Bonchev–Trinajstić information content (AvgIpc) is 3.58. The largest absolute Gasteiger partial charge is 0.457 e. The van der Waals surface area contributed by atoms with Gasteiger partial charge in [-0.1, -0.05) is 36.4 Å². The number of fused-ring (bicyclic) bond motifs is 1. The predicted molar refractivity (Wildman–Crippen MR) is 130 cm³/mol. The van der Waals surface area contributed by atoms with E-state index in [1.54, 1.807) is 11.0 Å². The summed E-state index contributed by atoms with van der Waals surface area (Å²) in [7, 11) is 1.85. The number of hydrogen-bond donors (Lipinski definition) is 1. The Morgan fingerprint density at radius 2 is 1.76 bits per heavy atom. The number of hydrogen-bond acceptors (Lipinski definition) is 4. The van der Waals surface area contributed by atoms with Crippen LogP contribution in [0.4, 0.5) is 5.69 Å². The van der Waals surface area contributed by atoms with Crippen LogP contribution in [0.3, 0.4) is 0 Å². The van der Waals surface area contributed by atoms with E-state index in [9.17, 15) is 9.59 Å². The van der Waals surface area contributed by atoms with Crippen molar-refractivity contribution in [2.75, 3.05) is 38.5 Å². The standard InChI is InChI=1S/C27H27N3O3/c1-29(16-17-30-14-6-7-15-30)27(32)22-10-3-2-9-21(22)25-13-12-19(33-25)18-23-20-8-4-5-11-24(20)28-26(23)31/h2-5,8-13,18H,6-7,14-17H2,1H3,(H,28,31)/b23-18+. The number of likely N-dealkylation sites (tertiary alicyclic amines) is 1. The third-order valence-corrected chi connectivity index (χ3v) is 6.34. The summed E-state index contributed by atoms with van der Waals surface area (Å²) in [5, 5.41) is 2.87. The Balaban J connectivity index is 1.37. The molecule has 0 bridgehead atoms. The van der Waals surface area contributed by atoms with Gasteiger partial charge in [-0.15, -0.1) is 0 Å². The summed E-state index contributed by atoms with van der Waals surface area (Å²) in [5.41, 5.74) is 3.58. The summed E-state index contributed by atoms with van der Waals surface area (Å²) in [6.07, 6.45) is 4.23. The highest BCUT2D eigenvalue weighted by atomic mass is 16.3. The lowest BCUT2D eigenvalue weighted by molar-refractivity contribution is -0.110. The molecule has 1 saturated heterocycles. The van der Waals surface area contributed by atoms with E-state index < -0.39 is 0 Å². The molecule has 168 valence electrons. The van der Waals surface area contributed by atoms with Crippen LogP contribution >= 0.6 is 0 Å².